The van der Waals surface area contributed by atoms with Crippen LogP contribution in [0.1, 0.15) is 29.6 Å². The average molecular weight is 388 g/mol. The fourth-order valence-corrected chi connectivity index (χ4v) is 6.09. The first kappa shape index (κ1) is 16.6. The van der Waals surface area contributed by atoms with Gasteiger partial charge in [-0.1, -0.05) is 0 Å². The highest BCUT2D eigenvalue weighted by atomic mass is 32.2. The molecule has 136 valence electrons. The van der Waals surface area contributed by atoms with Gasteiger partial charge in [0.25, 0.3) is 5.91 Å². The van der Waals surface area contributed by atoms with Gasteiger partial charge in [-0.3, -0.25) is 9.59 Å². The van der Waals surface area contributed by atoms with Gasteiger partial charge < -0.3 is 15.5 Å². The number of hydrogen-bond acceptors (Lipinski definition) is 5. The van der Waals surface area contributed by atoms with E-state index >= 15 is 0 Å². The number of thioether (sulfide) groups is 1. The van der Waals surface area contributed by atoms with E-state index in [9.17, 15) is 9.59 Å². The fraction of sp³-hybridized carbons (Fsp3) is 0.474. The zero-order valence-electron chi connectivity index (χ0n) is 14.4. The Balaban J connectivity index is 1.41. The summed E-state index contributed by atoms with van der Waals surface area (Å²) in [6.45, 7) is 0.739. The van der Waals surface area contributed by atoms with Gasteiger partial charge in [0, 0.05) is 51.5 Å². The molecule has 2 amide bonds. The molecular weight excluding hydrogens is 366 g/mol. The number of benzene rings is 1. The predicted octanol–water partition coefficient (Wildman–Crippen LogP) is 2.60. The Morgan fingerprint density at radius 1 is 1.31 bits per heavy atom. The van der Waals surface area contributed by atoms with Crippen molar-refractivity contribution in [2.24, 2.45) is 0 Å². The number of nitrogens with zero attached hydrogens (tertiary/aromatic N) is 1. The number of amides is 2. The Bertz CT molecular complexity index is 881. The van der Waals surface area contributed by atoms with Crippen LogP contribution in [0.25, 0.3) is 10.1 Å². The molecule has 0 aliphatic carbocycles. The second-order valence-electron chi connectivity index (χ2n) is 7.29. The van der Waals surface area contributed by atoms with E-state index in [0.29, 0.717) is 23.4 Å². The molecule has 5 rings (SSSR count). The number of fused-ring (bicyclic) bond motifs is 3. The van der Waals surface area contributed by atoms with Crippen molar-refractivity contribution in [1.82, 2.24) is 10.6 Å². The Morgan fingerprint density at radius 3 is 3.00 bits per heavy atom. The molecule has 3 aliphatic heterocycles. The van der Waals surface area contributed by atoms with Crippen molar-refractivity contribution in [3.05, 3.63) is 29.1 Å². The smallest absolute Gasteiger partial charge is 0.251 e. The maximum Gasteiger partial charge on any atom is 0.251 e. The van der Waals surface area contributed by atoms with Gasteiger partial charge in [0.2, 0.25) is 5.91 Å². The van der Waals surface area contributed by atoms with Gasteiger partial charge in [0.15, 0.2) is 0 Å². The molecule has 4 heterocycles. The van der Waals surface area contributed by atoms with Gasteiger partial charge in [-0.15, -0.1) is 11.3 Å². The molecule has 3 atom stereocenters. The summed E-state index contributed by atoms with van der Waals surface area (Å²) in [5.74, 6) is 1.64. The number of carbonyl (C=O) groups excluding carboxylic acids is 2. The minimum atomic E-state index is -0.0103. The van der Waals surface area contributed by atoms with E-state index in [-0.39, 0.29) is 17.9 Å². The van der Waals surface area contributed by atoms with E-state index in [2.05, 4.69) is 10.6 Å². The lowest BCUT2D eigenvalue weighted by molar-refractivity contribution is -0.116. The van der Waals surface area contributed by atoms with Gasteiger partial charge in [-0.05, 0) is 37.5 Å². The molecule has 0 saturated carbocycles. The van der Waals surface area contributed by atoms with Crippen LogP contribution in [0.5, 0.6) is 0 Å². The summed E-state index contributed by atoms with van der Waals surface area (Å²) < 4.78 is 1.11. The van der Waals surface area contributed by atoms with E-state index < -0.39 is 0 Å². The molecule has 5 nitrogen and oxygen atoms in total. The van der Waals surface area contributed by atoms with Gasteiger partial charge in [0.1, 0.15) is 0 Å². The molecule has 3 fully saturated rings. The molecule has 1 aromatic carbocycles. The number of thiophene rings is 1. The Kier molecular flexibility index (Phi) is 4.18. The van der Waals surface area contributed by atoms with Crippen LogP contribution in [0.15, 0.2) is 23.6 Å². The van der Waals surface area contributed by atoms with Crippen molar-refractivity contribution in [1.29, 1.82) is 0 Å². The summed E-state index contributed by atoms with van der Waals surface area (Å²) in [4.78, 5) is 26.9. The lowest BCUT2D eigenvalue weighted by atomic mass is 9.95. The van der Waals surface area contributed by atoms with E-state index in [1.54, 1.807) is 23.1 Å². The number of carbonyl (C=O) groups is 2. The van der Waals surface area contributed by atoms with Crippen LogP contribution in [0.4, 0.5) is 5.69 Å². The topological polar surface area (TPSA) is 61.4 Å². The lowest BCUT2D eigenvalue weighted by Gasteiger charge is -2.26. The lowest BCUT2D eigenvalue weighted by Crippen LogP contribution is -2.42. The molecule has 2 bridgehead atoms. The van der Waals surface area contributed by atoms with Crippen LogP contribution >= 0.6 is 23.1 Å². The minimum absolute atomic E-state index is 0.0103. The number of nitrogens with one attached hydrogen (secondary N) is 2. The SMILES string of the molecule is O=C(N[C@@H]1C[C@H]2CC[C@@H]1N2)c1ccc2scc(N3CCSCC3=O)c2c1. The maximum atomic E-state index is 12.8. The first-order chi connectivity index (χ1) is 12.7. The molecule has 0 radical (unpaired) electrons. The molecule has 1 aromatic heterocycles. The molecule has 2 N–H and O–H groups in total. The van der Waals surface area contributed by atoms with E-state index in [4.69, 9.17) is 0 Å². The van der Waals surface area contributed by atoms with Gasteiger partial charge in [-0.25, -0.2) is 0 Å². The zero-order valence-corrected chi connectivity index (χ0v) is 16.0. The number of rotatable bonds is 3. The summed E-state index contributed by atoms with van der Waals surface area (Å²) in [5, 5.41) is 9.82. The third kappa shape index (κ3) is 2.82. The molecule has 2 aromatic rings. The Hall–Kier alpha value is -1.57. The highest BCUT2D eigenvalue weighted by Gasteiger charge is 2.39. The highest BCUT2D eigenvalue weighted by Crippen LogP contribution is 2.35. The predicted molar refractivity (Wildman–Crippen MR) is 107 cm³/mol. The number of anilines is 1. The largest absolute Gasteiger partial charge is 0.348 e. The maximum absolute atomic E-state index is 12.8. The second-order valence-corrected chi connectivity index (χ2v) is 9.31. The summed E-state index contributed by atoms with van der Waals surface area (Å²) in [6, 6.07) is 7.07. The van der Waals surface area contributed by atoms with Gasteiger partial charge >= 0.3 is 0 Å². The highest BCUT2D eigenvalue weighted by molar-refractivity contribution is 8.00. The monoisotopic (exact) mass is 387 g/mol. The van der Waals surface area contributed by atoms with Crippen molar-refractivity contribution in [2.75, 3.05) is 23.0 Å². The number of hydrogen-bond donors (Lipinski definition) is 2. The molecule has 3 aliphatic rings. The quantitative estimate of drug-likeness (QED) is 0.850. The minimum Gasteiger partial charge on any atom is -0.348 e. The van der Waals surface area contributed by atoms with Crippen molar-refractivity contribution in [3.63, 3.8) is 0 Å². The van der Waals surface area contributed by atoms with Crippen molar-refractivity contribution < 1.29 is 9.59 Å². The van der Waals surface area contributed by atoms with Crippen molar-refractivity contribution in [2.45, 2.75) is 37.4 Å². The van der Waals surface area contributed by atoms with Crippen LogP contribution in [0.2, 0.25) is 0 Å². The fourth-order valence-electron chi connectivity index (χ4n) is 4.37. The molecule has 26 heavy (non-hydrogen) atoms. The van der Waals surface area contributed by atoms with Crippen LogP contribution in [-0.2, 0) is 4.79 Å². The first-order valence-electron chi connectivity index (χ1n) is 9.15. The Morgan fingerprint density at radius 2 is 2.23 bits per heavy atom. The van der Waals surface area contributed by atoms with Crippen molar-refractivity contribution >= 4 is 50.7 Å². The van der Waals surface area contributed by atoms with Gasteiger partial charge in [0.05, 0.1) is 11.4 Å². The third-order valence-corrected chi connectivity index (χ3v) is 7.58. The van der Waals surface area contributed by atoms with Gasteiger partial charge in [-0.2, -0.15) is 11.8 Å². The average Bonchev–Trinajstić information content (AvgIpc) is 3.37. The molecular formula is C19H21N3O2S2. The summed E-state index contributed by atoms with van der Waals surface area (Å²) in [7, 11) is 0. The summed E-state index contributed by atoms with van der Waals surface area (Å²) in [5.41, 5.74) is 1.63. The van der Waals surface area contributed by atoms with Crippen molar-refractivity contribution in [3.8, 4) is 0 Å². The van der Waals surface area contributed by atoms with E-state index in [1.165, 1.54) is 6.42 Å². The van der Waals surface area contributed by atoms with Crippen LogP contribution in [-0.4, -0.2) is 48.0 Å². The zero-order chi connectivity index (χ0) is 17.7. The summed E-state index contributed by atoms with van der Waals surface area (Å²) in [6.07, 6.45) is 3.41. The standard InChI is InChI=1S/C19H21N3O2S2/c23-18-10-25-6-5-22(18)16-9-26-17-4-1-11(7-13(16)17)19(24)21-15-8-12-2-3-14(15)20-12/h1,4,7,9,12,14-15,20H,2-3,5-6,8,10H2,(H,21,24)/t12-,14+,15-/m1/s1. The van der Waals surface area contributed by atoms with E-state index in [0.717, 1.165) is 40.9 Å². The molecule has 7 heteroatoms. The van der Waals surface area contributed by atoms with Crippen LogP contribution in [0.3, 0.4) is 0 Å². The second kappa shape index (κ2) is 6.55. The normalized spacial score (nSPS) is 28.1. The van der Waals surface area contributed by atoms with Crippen LogP contribution in [0, 0.1) is 0 Å². The molecule has 3 saturated heterocycles. The van der Waals surface area contributed by atoms with E-state index in [1.807, 2.05) is 28.5 Å². The Labute approximate surface area is 160 Å². The van der Waals surface area contributed by atoms with Crippen LogP contribution < -0.4 is 15.5 Å². The third-order valence-electron chi connectivity index (χ3n) is 5.71. The molecule has 0 spiro atoms. The first-order valence-corrected chi connectivity index (χ1v) is 11.2. The molecule has 0 unspecified atom stereocenters. The summed E-state index contributed by atoms with van der Waals surface area (Å²) >= 11 is 3.31.